The summed E-state index contributed by atoms with van der Waals surface area (Å²) in [5.41, 5.74) is 7.49. The number of hydrogen-bond acceptors (Lipinski definition) is 4. The van der Waals surface area contributed by atoms with Crippen molar-refractivity contribution in [1.29, 1.82) is 0 Å². The number of piperazine rings is 1. The van der Waals surface area contributed by atoms with Gasteiger partial charge in [0.05, 0.1) is 7.11 Å². The summed E-state index contributed by atoms with van der Waals surface area (Å²) in [5.74, 6) is 0.859. The molecule has 5 nitrogen and oxygen atoms in total. The maximum atomic E-state index is 13.0. The van der Waals surface area contributed by atoms with E-state index in [2.05, 4.69) is 24.0 Å². The van der Waals surface area contributed by atoms with Crippen LogP contribution in [0.5, 0.6) is 5.75 Å². The average Bonchev–Trinajstić information content (AvgIpc) is 2.73. The van der Waals surface area contributed by atoms with E-state index in [1.165, 1.54) is 5.56 Å². The van der Waals surface area contributed by atoms with E-state index in [0.29, 0.717) is 13.1 Å². The fraction of sp³-hybridized carbons (Fsp3) is 0.409. The predicted molar refractivity (Wildman–Crippen MR) is 122 cm³/mol. The molecule has 1 fully saturated rings. The SMILES string of the molecule is COc1cccc(C(C)N2CCN(C(=O)C(C)(N)c3ccccc3)CC2)c1.Cl.Cl. The minimum Gasteiger partial charge on any atom is -0.497 e. The lowest BCUT2D eigenvalue weighted by atomic mass is 9.91. The summed E-state index contributed by atoms with van der Waals surface area (Å²) in [6.45, 7) is 7.03. The van der Waals surface area contributed by atoms with Crippen LogP contribution in [0.2, 0.25) is 0 Å². The number of ether oxygens (including phenoxy) is 1. The molecule has 2 unspecified atom stereocenters. The van der Waals surface area contributed by atoms with Gasteiger partial charge in [-0.3, -0.25) is 9.69 Å². The Kier molecular flexibility index (Phi) is 9.43. The van der Waals surface area contributed by atoms with Crippen molar-refractivity contribution in [2.75, 3.05) is 33.3 Å². The van der Waals surface area contributed by atoms with Crippen LogP contribution in [0.15, 0.2) is 54.6 Å². The van der Waals surface area contributed by atoms with Crippen molar-refractivity contribution in [3.8, 4) is 5.75 Å². The number of rotatable bonds is 5. The van der Waals surface area contributed by atoms with Gasteiger partial charge in [-0.15, -0.1) is 24.8 Å². The van der Waals surface area contributed by atoms with Gasteiger partial charge in [0.25, 0.3) is 0 Å². The second-order valence-corrected chi connectivity index (χ2v) is 7.35. The molecule has 0 saturated carbocycles. The van der Waals surface area contributed by atoms with E-state index in [-0.39, 0.29) is 36.8 Å². The number of nitrogens with two attached hydrogens (primary N) is 1. The topological polar surface area (TPSA) is 58.8 Å². The van der Waals surface area contributed by atoms with Crippen molar-refractivity contribution in [3.63, 3.8) is 0 Å². The van der Waals surface area contributed by atoms with Crippen molar-refractivity contribution in [2.45, 2.75) is 25.4 Å². The van der Waals surface area contributed by atoms with Crippen molar-refractivity contribution in [1.82, 2.24) is 9.80 Å². The Morgan fingerprint density at radius 1 is 1.03 bits per heavy atom. The van der Waals surface area contributed by atoms with E-state index in [9.17, 15) is 4.79 Å². The third kappa shape index (κ3) is 5.64. The van der Waals surface area contributed by atoms with Gasteiger partial charge in [0.15, 0.2) is 0 Å². The van der Waals surface area contributed by atoms with Crippen LogP contribution in [0.25, 0.3) is 0 Å². The monoisotopic (exact) mass is 439 g/mol. The molecule has 2 N–H and O–H groups in total. The van der Waals surface area contributed by atoms with Gasteiger partial charge in [-0.25, -0.2) is 0 Å². The van der Waals surface area contributed by atoms with E-state index in [1.54, 1.807) is 14.0 Å². The lowest BCUT2D eigenvalue weighted by Gasteiger charge is -2.41. The van der Waals surface area contributed by atoms with E-state index in [4.69, 9.17) is 10.5 Å². The van der Waals surface area contributed by atoms with Crippen LogP contribution < -0.4 is 10.5 Å². The number of halogens is 2. The number of hydrogen-bond donors (Lipinski definition) is 1. The highest BCUT2D eigenvalue weighted by Gasteiger charge is 2.36. The lowest BCUT2D eigenvalue weighted by Crippen LogP contribution is -2.56. The minimum atomic E-state index is -0.998. The maximum Gasteiger partial charge on any atom is 0.247 e. The summed E-state index contributed by atoms with van der Waals surface area (Å²) in [6, 6.07) is 18.0. The first-order chi connectivity index (χ1) is 12.9. The largest absolute Gasteiger partial charge is 0.497 e. The molecular weight excluding hydrogens is 409 g/mol. The highest BCUT2D eigenvalue weighted by Crippen LogP contribution is 2.26. The van der Waals surface area contributed by atoms with E-state index in [1.807, 2.05) is 47.4 Å². The van der Waals surface area contributed by atoms with Crippen molar-refractivity contribution >= 4 is 30.7 Å². The molecule has 1 heterocycles. The molecule has 2 aromatic carbocycles. The molecule has 1 saturated heterocycles. The molecule has 29 heavy (non-hydrogen) atoms. The van der Waals surface area contributed by atoms with Gasteiger partial charge in [0, 0.05) is 32.2 Å². The maximum absolute atomic E-state index is 13.0. The van der Waals surface area contributed by atoms with Crippen LogP contribution in [0.1, 0.15) is 31.0 Å². The fourth-order valence-electron chi connectivity index (χ4n) is 3.66. The van der Waals surface area contributed by atoms with Gasteiger partial charge in [-0.05, 0) is 37.1 Å². The highest BCUT2D eigenvalue weighted by atomic mass is 35.5. The van der Waals surface area contributed by atoms with Gasteiger partial charge >= 0.3 is 0 Å². The Labute approximate surface area is 186 Å². The smallest absolute Gasteiger partial charge is 0.247 e. The fourth-order valence-corrected chi connectivity index (χ4v) is 3.66. The Hall–Kier alpha value is -1.79. The van der Waals surface area contributed by atoms with Crippen molar-refractivity contribution in [2.24, 2.45) is 5.73 Å². The van der Waals surface area contributed by atoms with Gasteiger partial charge in [-0.2, -0.15) is 0 Å². The Bertz CT molecular complexity index is 779. The summed E-state index contributed by atoms with van der Waals surface area (Å²) in [5, 5.41) is 0. The van der Waals surface area contributed by atoms with Gasteiger partial charge in [-0.1, -0.05) is 42.5 Å². The van der Waals surface area contributed by atoms with Gasteiger partial charge in [0.1, 0.15) is 11.3 Å². The number of methoxy groups -OCH3 is 1. The minimum absolute atomic E-state index is 0. The molecule has 0 radical (unpaired) electrons. The van der Waals surface area contributed by atoms with E-state index in [0.717, 1.165) is 24.4 Å². The third-order valence-electron chi connectivity index (χ3n) is 5.54. The summed E-state index contributed by atoms with van der Waals surface area (Å²) >= 11 is 0. The summed E-state index contributed by atoms with van der Waals surface area (Å²) in [4.78, 5) is 17.3. The zero-order valence-electron chi connectivity index (χ0n) is 17.2. The molecule has 2 aromatic rings. The quantitative estimate of drug-likeness (QED) is 0.772. The predicted octanol–water partition coefficient (Wildman–Crippen LogP) is 3.62. The summed E-state index contributed by atoms with van der Waals surface area (Å²) < 4.78 is 5.34. The molecule has 0 aromatic heterocycles. The zero-order chi connectivity index (χ0) is 19.4. The summed E-state index contributed by atoms with van der Waals surface area (Å²) in [7, 11) is 1.69. The molecule has 160 valence electrons. The lowest BCUT2D eigenvalue weighted by molar-refractivity contribution is -0.138. The first-order valence-electron chi connectivity index (χ1n) is 9.45. The standard InChI is InChI=1S/C22H29N3O2.2ClH/c1-17(18-8-7-11-20(16-18)27-3)24-12-14-25(15-13-24)21(26)22(2,23)19-9-5-4-6-10-19;;/h4-11,16-17H,12-15,23H2,1-3H3;2*1H. The molecule has 0 aliphatic carbocycles. The molecule has 0 bridgehead atoms. The van der Waals surface area contributed by atoms with Crippen molar-refractivity contribution in [3.05, 3.63) is 65.7 Å². The van der Waals surface area contributed by atoms with Crippen LogP contribution in [0.4, 0.5) is 0 Å². The zero-order valence-corrected chi connectivity index (χ0v) is 18.8. The van der Waals surface area contributed by atoms with Gasteiger partial charge in [0.2, 0.25) is 5.91 Å². The van der Waals surface area contributed by atoms with Crippen LogP contribution in [0.3, 0.4) is 0 Å². The van der Waals surface area contributed by atoms with Crippen LogP contribution in [-0.2, 0) is 10.3 Å². The summed E-state index contributed by atoms with van der Waals surface area (Å²) in [6.07, 6.45) is 0. The molecule has 0 spiro atoms. The number of amides is 1. The molecule has 1 aliphatic rings. The van der Waals surface area contributed by atoms with Gasteiger partial charge < -0.3 is 15.4 Å². The average molecular weight is 440 g/mol. The van der Waals surface area contributed by atoms with Crippen LogP contribution >= 0.6 is 24.8 Å². The van der Waals surface area contributed by atoms with E-state index < -0.39 is 5.54 Å². The second kappa shape index (κ2) is 10.8. The molecular formula is C22H31Cl2N3O2. The Balaban J connectivity index is 0.00000210. The highest BCUT2D eigenvalue weighted by molar-refractivity contribution is 5.87. The number of carbonyl (C=O) groups is 1. The first kappa shape index (κ1) is 25.2. The first-order valence-corrected chi connectivity index (χ1v) is 9.45. The Morgan fingerprint density at radius 2 is 1.66 bits per heavy atom. The number of nitrogens with zero attached hydrogens (tertiary/aromatic N) is 2. The number of carbonyl (C=O) groups excluding carboxylic acids is 1. The second-order valence-electron chi connectivity index (χ2n) is 7.35. The molecule has 1 amide bonds. The van der Waals surface area contributed by atoms with E-state index >= 15 is 0 Å². The molecule has 2 atom stereocenters. The molecule has 3 rings (SSSR count). The van der Waals surface area contributed by atoms with Crippen molar-refractivity contribution < 1.29 is 9.53 Å². The third-order valence-corrected chi connectivity index (χ3v) is 5.54. The Morgan fingerprint density at radius 3 is 2.24 bits per heavy atom. The normalized spacial score (nSPS) is 17.3. The number of benzene rings is 2. The van der Waals surface area contributed by atoms with Crippen LogP contribution in [0, 0.1) is 0 Å². The van der Waals surface area contributed by atoms with Crippen LogP contribution in [-0.4, -0.2) is 49.0 Å². The molecule has 7 heteroatoms. The molecule has 1 aliphatic heterocycles.